The molecule has 0 unspecified atom stereocenters. The summed E-state index contributed by atoms with van der Waals surface area (Å²) < 4.78 is 0. The highest BCUT2D eigenvalue weighted by Gasteiger charge is 2.14. The second-order valence-electron chi connectivity index (χ2n) is 4.25. The summed E-state index contributed by atoms with van der Waals surface area (Å²) >= 11 is 0. The van der Waals surface area contributed by atoms with E-state index in [2.05, 4.69) is 41.8 Å². The Kier molecular flexibility index (Phi) is 1.62. The minimum Gasteiger partial charge on any atom is -0.343 e. The summed E-state index contributed by atoms with van der Waals surface area (Å²) in [5.74, 6) is 0. The molecule has 0 bridgehead atoms. The Morgan fingerprint density at radius 1 is 1.23 bits per heavy atom. The van der Waals surface area contributed by atoms with E-state index in [0.29, 0.717) is 0 Å². The molecule has 2 heterocycles. The zero-order chi connectivity index (χ0) is 9.47. The number of nitrogens with zero attached hydrogens (tertiary/aromatic N) is 2. The van der Waals surface area contributed by atoms with Crippen LogP contribution in [0.3, 0.4) is 0 Å². The van der Waals surface area contributed by atoms with E-state index in [4.69, 9.17) is 0 Å². The molecule has 2 rings (SSSR count). The quantitative estimate of drug-likeness (QED) is 0.667. The van der Waals surface area contributed by atoms with Crippen molar-refractivity contribution in [3.05, 3.63) is 24.2 Å². The Morgan fingerprint density at radius 3 is 2.69 bits per heavy atom. The number of imidazole rings is 1. The molecule has 0 aliphatic rings. The van der Waals surface area contributed by atoms with E-state index in [1.807, 2.05) is 6.20 Å². The van der Waals surface area contributed by atoms with Gasteiger partial charge in [-0.25, -0.2) is 9.97 Å². The van der Waals surface area contributed by atoms with Crippen LogP contribution in [0.5, 0.6) is 0 Å². The number of hydrogen-bond donors (Lipinski definition) is 1. The summed E-state index contributed by atoms with van der Waals surface area (Å²) in [6.45, 7) is 6.52. The van der Waals surface area contributed by atoms with Crippen LogP contribution >= 0.6 is 0 Å². The van der Waals surface area contributed by atoms with Gasteiger partial charge in [-0.3, -0.25) is 0 Å². The average Bonchev–Trinajstić information content (AvgIpc) is 2.47. The molecule has 0 atom stereocenters. The van der Waals surface area contributed by atoms with Crippen molar-refractivity contribution < 1.29 is 0 Å². The normalized spacial score (nSPS) is 12.2. The molecule has 0 radical (unpaired) electrons. The summed E-state index contributed by atoms with van der Waals surface area (Å²) in [4.78, 5) is 11.4. The SMILES string of the molecule is CC(C)(C)c1cnc2nc[nH]c2c1. The number of hydrogen-bond acceptors (Lipinski definition) is 2. The molecular weight excluding hydrogens is 162 g/mol. The molecular formula is C10H13N3. The largest absolute Gasteiger partial charge is 0.343 e. The van der Waals surface area contributed by atoms with Crippen LogP contribution in [0.4, 0.5) is 0 Å². The smallest absolute Gasteiger partial charge is 0.177 e. The summed E-state index contributed by atoms with van der Waals surface area (Å²) in [7, 11) is 0. The van der Waals surface area contributed by atoms with E-state index < -0.39 is 0 Å². The van der Waals surface area contributed by atoms with Crippen LogP contribution in [0.25, 0.3) is 11.2 Å². The third kappa shape index (κ3) is 1.41. The molecule has 0 aromatic carbocycles. The molecule has 3 nitrogen and oxygen atoms in total. The molecule has 13 heavy (non-hydrogen) atoms. The first-order valence-corrected chi connectivity index (χ1v) is 4.37. The molecule has 0 aliphatic carbocycles. The summed E-state index contributed by atoms with van der Waals surface area (Å²) in [5, 5.41) is 0. The highest BCUT2D eigenvalue weighted by Crippen LogP contribution is 2.22. The van der Waals surface area contributed by atoms with Gasteiger partial charge in [0, 0.05) is 6.20 Å². The number of nitrogens with one attached hydrogen (secondary N) is 1. The maximum atomic E-state index is 4.27. The Balaban J connectivity index is 2.61. The van der Waals surface area contributed by atoms with Crippen molar-refractivity contribution in [2.75, 3.05) is 0 Å². The number of H-pyrrole nitrogens is 1. The van der Waals surface area contributed by atoms with Crippen LogP contribution in [0, 0.1) is 0 Å². The van der Waals surface area contributed by atoms with Gasteiger partial charge in [-0.1, -0.05) is 20.8 Å². The fraction of sp³-hybridized carbons (Fsp3) is 0.400. The predicted octanol–water partition coefficient (Wildman–Crippen LogP) is 2.26. The van der Waals surface area contributed by atoms with Gasteiger partial charge in [-0.15, -0.1) is 0 Å². The molecule has 2 aromatic rings. The maximum absolute atomic E-state index is 4.27. The van der Waals surface area contributed by atoms with Crippen molar-refractivity contribution in [2.45, 2.75) is 26.2 Å². The molecule has 0 saturated heterocycles. The van der Waals surface area contributed by atoms with E-state index in [9.17, 15) is 0 Å². The molecule has 0 saturated carbocycles. The van der Waals surface area contributed by atoms with Gasteiger partial charge < -0.3 is 4.98 Å². The highest BCUT2D eigenvalue weighted by atomic mass is 14.9. The fourth-order valence-corrected chi connectivity index (χ4v) is 1.24. The lowest BCUT2D eigenvalue weighted by molar-refractivity contribution is 0.588. The third-order valence-corrected chi connectivity index (χ3v) is 2.14. The van der Waals surface area contributed by atoms with Gasteiger partial charge in [0.1, 0.15) is 0 Å². The van der Waals surface area contributed by atoms with Gasteiger partial charge in [0.25, 0.3) is 0 Å². The molecule has 0 fully saturated rings. The van der Waals surface area contributed by atoms with Crippen LogP contribution < -0.4 is 0 Å². The lowest BCUT2D eigenvalue weighted by Gasteiger charge is -2.17. The van der Waals surface area contributed by atoms with E-state index >= 15 is 0 Å². The van der Waals surface area contributed by atoms with Crippen molar-refractivity contribution >= 4 is 11.2 Å². The van der Waals surface area contributed by atoms with Crippen LogP contribution in [0.1, 0.15) is 26.3 Å². The first kappa shape index (κ1) is 8.23. The molecule has 3 heteroatoms. The predicted molar refractivity (Wildman–Crippen MR) is 52.6 cm³/mol. The van der Waals surface area contributed by atoms with Crippen molar-refractivity contribution in [1.82, 2.24) is 15.0 Å². The Labute approximate surface area is 77.2 Å². The van der Waals surface area contributed by atoms with Crippen molar-refractivity contribution in [3.8, 4) is 0 Å². The number of pyridine rings is 1. The minimum atomic E-state index is 0.145. The van der Waals surface area contributed by atoms with Gasteiger partial charge in [-0.05, 0) is 17.0 Å². The first-order valence-electron chi connectivity index (χ1n) is 4.37. The fourth-order valence-electron chi connectivity index (χ4n) is 1.24. The van der Waals surface area contributed by atoms with Gasteiger partial charge in [-0.2, -0.15) is 0 Å². The van der Waals surface area contributed by atoms with Crippen molar-refractivity contribution in [3.63, 3.8) is 0 Å². The summed E-state index contributed by atoms with van der Waals surface area (Å²) in [6.07, 6.45) is 3.56. The first-order chi connectivity index (χ1) is 6.07. The highest BCUT2D eigenvalue weighted by molar-refractivity contribution is 5.70. The van der Waals surface area contributed by atoms with E-state index in [-0.39, 0.29) is 5.41 Å². The van der Waals surface area contributed by atoms with Gasteiger partial charge in [0.15, 0.2) is 5.65 Å². The molecule has 2 aromatic heterocycles. The summed E-state index contributed by atoms with van der Waals surface area (Å²) in [6, 6.07) is 2.11. The van der Waals surface area contributed by atoms with Crippen molar-refractivity contribution in [2.24, 2.45) is 0 Å². The monoisotopic (exact) mass is 175 g/mol. The van der Waals surface area contributed by atoms with Crippen LogP contribution in [0.2, 0.25) is 0 Å². The minimum absolute atomic E-state index is 0.145. The van der Waals surface area contributed by atoms with Crippen LogP contribution in [-0.4, -0.2) is 15.0 Å². The van der Waals surface area contributed by atoms with E-state index in [1.54, 1.807) is 6.33 Å². The van der Waals surface area contributed by atoms with Crippen molar-refractivity contribution in [1.29, 1.82) is 0 Å². The second-order valence-corrected chi connectivity index (χ2v) is 4.25. The standard InChI is InChI=1S/C10H13N3/c1-10(2,3)7-4-8-9(11-5-7)13-6-12-8/h4-6H,1-3H3,(H,11,12,13). The number of fused-ring (bicyclic) bond motifs is 1. The Hall–Kier alpha value is -1.38. The van der Waals surface area contributed by atoms with Crippen LogP contribution in [0.15, 0.2) is 18.6 Å². The Bertz CT molecular complexity index is 423. The van der Waals surface area contributed by atoms with Gasteiger partial charge >= 0.3 is 0 Å². The zero-order valence-corrected chi connectivity index (χ0v) is 8.13. The van der Waals surface area contributed by atoms with E-state index in [1.165, 1.54) is 5.56 Å². The number of aromatic nitrogens is 3. The lowest BCUT2D eigenvalue weighted by atomic mass is 9.88. The molecule has 1 N–H and O–H groups in total. The Morgan fingerprint density at radius 2 is 2.00 bits per heavy atom. The van der Waals surface area contributed by atoms with Gasteiger partial charge in [0.05, 0.1) is 11.8 Å². The zero-order valence-electron chi connectivity index (χ0n) is 8.13. The van der Waals surface area contributed by atoms with E-state index in [0.717, 1.165) is 11.2 Å². The molecule has 0 amide bonds. The molecule has 0 spiro atoms. The van der Waals surface area contributed by atoms with Gasteiger partial charge in [0.2, 0.25) is 0 Å². The number of aromatic amines is 1. The topological polar surface area (TPSA) is 41.6 Å². The average molecular weight is 175 g/mol. The summed E-state index contributed by atoms with van der Waals surface area (Å²) in [5.41, 5.74) is 3.16. The molecule has 68 valence electrons. The number of rotatable bonds is 0. The molecule has 0 aliphatic heterocycles. The maximum Gasteiger partial charge on any atom is 0.177 e. The lowest BCUT2D eigenvalue weighted by Crippen LogP contribution is -2.11. The second kappa shape index (κ2) is 2.55. The van der Waals surface area contributed by atoms with Crippen LogP contribution in [-0.2, 0) is 5.41 Å². The third-order valence-electron chi connectivity index (χ3n) is 2.14.